The summed E-state index contributed by atoms with van der Waals surface area (Å²) in [6, 6.07) is 9.84. The van der Waals surface area contributed by atoms with Crippen LogP contribution in [0.5, 0.6) is 11.5 Å². The van der Waals surface area contributed by atoms with Crippen molar-refractivity contribution in [3.63, 3.8) is 0 Å². The van der Waals surface area contributed by atoms with Gasteiger partial charge in [-0.15, -0.1) is 0 Å². The maximum Gasteiger partial charge on any atom is 0.488 e. The van der Waals surface area contributed by atoms with Gasteiger partial charge in [0.1, 0.15) is 19.0 Å². The Bertz CT molecular complexity index is 590. The van der Waals surface area contributed by atoms with Crippen molar-refractivity contribution in [1.29, 1.82) is 0 Å². The highest BCUT2D eigenvalue weighted by atomic mass is 19.2. The molecule has 2 aromatic carbocycles. The predicted octanol–water partition coefficient (Wildman–Crippen LogP) is 1.10. The number of benzene rings is 2. The van der Waals surface area contributed by atoms with E-state index in [1.807, 2.05) is 0 Å². The first-order valence-corrected chi connectivity index (χ1v) is 6.23. The Morgan fingerprint density at radius 3 is 2.24 bits per heavy atom. The zero-order valence-electron chi connectivity index (χ0n) is 11.0. The molecule has 0 aliphatic heterocycles. The molecule has 110 valence electrons. The van der Waals surface area contributed by atoms with E-state index in [9.17, 15) is 8.78 Å². The first kappa shape index (κ1) is 15.3. The van der Waals surface area contributed by atoms with E-state index in [-0.39, 0.29) is 19.0 Å². The normalized spacial score (nSPS) is 10.3. The van der Waals surface area contributed by atoms with Crippen molar-refractivity contribution < 1.29 is 28.3 Å². The zero-order chi connectivity index (χ0) is 15.2. The van der Waals surface area contributed by atoms with Crippen molar-refractivity contribution in [3.05, 3.63) is 54.1 Å². The highest BCUT2D eigenvalue weighted by molar-refractivity contribution is 6.58. The molecule has 0 radical (unpaired) electrons. The molecule has 0 unspecified atom stereocenters. The second-order valence-corrected chi connectivity index (χ2v) is 4.19. The Hall–Kier alpha value is -2.12. The van der Waals surface area contributed by atoms with Gasteiger partial charge in [0.2, 0.25) is 5.82 Å². The summed E-state index contributed by atoms with van der Waals surface area (Å²) in [6.07, 6.45) is 0. The second kappa shape index (κ2) is 7.05. The van der Waals surface area contributed by atoms with Crippen LogP contribution in [0.15, 0.2) is 42.5 Å². The summed E-state index contributed by atoms with van der Waals surface area (Å²) >= 11 is 0. The number of hydrogen-bond acceptors (Lipinski definition) is 4. The molecule has 0 atom stereocenters. The SMILES string of the molecule is OB(O)c1ccc(OCCOc2cccc(F)c2F)cc1. The van der Waals surface area contributed by atoms with Crippen LogP contribution in [0.1, 0.15) is 0 Å². The summed E-state index contributed by atoms with van der Waals surface area (Å²) in [7, 11) is -1.53. The van der Waals surface area contributed by atoms with Gasteiger partial charge in [0, 0.05) is 0 Å². The standard InChI is InChI=1S/C14H13BF2O4/c16-12-2-1-3-13(14(12)17)21-9-8-20-11-6-4-10(5-7-11)15(18)19/h1-7,18-19H,8-9H2. The third-order valence-electron chi connectivity index (χ3n) is 2.70. The quantitative estimate of drug-likeness (QED) is 0.619. The van der Waals surface area contributed by atoms with E-state index in [2.05, 4.69) is 0 Å². The minimum absolute atomic E-state index is 0.0464. The molecule has 0 saturated heterocycles. The third-order valence-corrected chi connectivity index (χ3v) is 2.70. The molecule has 0 fully saturated rings. The van der Waals surface area contributed by atoms with Crippen LogP contribution >= 0.6 is 0 Å². The monoisotopic (exact) mass is 294 g/mol. The summed E-state index contributed by atoms with van der Waals surface area (Å²) < 4.78 is 36.6. The van der Waals surface area contributed by atoms with Crippen LogP contribution in [0.25, 0.3) is 0 Å². The van der Waals surface area contributed by atoms with Gasteiger partial charge in [-0.2, -0.15) is 4.39 Å². The van der Waals surface area contributed by atoms with E-state index in [4.69, 9.17) is 19.5 Å². The van der Waals surface area contributed by atoms with Crippen molar-refractivity contribution >= 4 is 12.6 Å². The van der Waals surface area contributed by atoms with Gasteiger partial charge >= 0.3 is 7.12 Å². The van der Waals surface area contributed by atoms with Gasteiger partial charge in [-0.05, 0) is 29.7 Å². The minimum atomic E-state index is -1.53. The van der Waals surface area contributed by atoms with Gasteiger partial charge in [0.25, 0.3) is 0 Å². The molecule has 2 N–H and O–H groups in total. The van der Waals surface area contributed by atoms with E-state index >= 15 is 0 Å². The maximum atomic E-state index is 13.3. The Morgan fingerprint density at radius 1 is 0.905 bits per heavy atom. The molecular weight excluding hydrogens is 281 g/mol. The fourth-order valence-corrected chi connectivity index (χ4v) is 1.64. The topological polar surface area (TPSA) is 58.9 Å². The number of hydrogen-bond donors (Lipinski definition) is 2. The van der Waals surface area contributed by atoms with Gasteiger partial charge in [-0.25, -0.2) is 4.39 Å². The molecule has 0 spiro atoms. The van der Waals surface area contributed by atoms with Gasteiger partial charge in [-0.3, -0.25) is 0 Å². The number of halogens is 2. The van der Waals surface area contributed by atoms with Crippen LogP contribution in [0.3, 0.4) is 0 Å². The summed E-state index contributed by atoms with van der Waals surface area (Å²) in [5.41, 5.74) is 0.348. The molecule has 2 aromatic rings. The highest BCUT2D eigenvalue weighted by Gasteiger charge is 2.10. The van der Waals surface area contributed by atoms with Crippen LogP contribution in [-0.4, -0.2) is 30.4 Å². The van der Waals surface area contributed by atoms with Gasteiger partial charge in [-0.1, -0.05) is 18.2 Å². The molecule has 0 aromatic heterocycles. The average molecular weight is 294 g/mol. The Balaban J connectivity index is 1.80. The van der Waals surface area contributed by atoms with Crippen LogP contribution in [0, 0.1) is 11.6 Å². The van der Waals surface area contributed by atoms with E-state index in [0.717, 1.165) is 6.07 Å². The molecule has 0 heterocycles. The summed E-state index contributed by atoms with van der Waals surface area (Å²) in [4.78, 5) is 0. The van der Waals surface area contributed by atoms with Crippen molar-refractivity contribution in [3.8, 4) is 11.5 Å². The Kier molecular flexibility index (Phi) is 5.13. The Labute approximate surface area is 120 Å². The predicted molar refractivity (Wildman–Crippen MR) is 73.6 cm³/mol. The lowest BCUT2D eigenvalue weighted by Gasteiger charge is -2.09. The molecule has 0 saturated carbocycles. The van der Waals surface area contributed by atoms with Crippen LogP contribution in [-0.2, 0) is 0 Å². The van der Waals surface area contributed by atoms with Crippen LogP contribution < -0.4 is 14.9 Å². The largest absolute Gasteiger partial charge is 0.490 e. The molecule has 0 aliphatic carbocycles. The van der Waals surface area contributed by atoms with Gasteiger partial charge < -0.3 is 19.5 Å². The van der Waals surface area contributed by atoms with E-state index < -0.39 is 18.8 Å². The molecule has 21 heavy (non-hydrogen) atoms. The van der Waals surface area contributed by atoms with E-state index in [1.165, 1.54) is 24.3 Å². The lowest BCUT2D eigenvalue weighted by molar-refractivity contribution is 0.210. The smallest absolute Gasteiger partial charge is 0.488 e. The lowest BCUT2D eigenvalue weighted by atomic mass is 9.80. The Morgan fingerprint density at radius 2 is 1.57 bits per heavy atom. The van der Waals surface area contributed by atoms with Crippen LogP contribution in [0.4, 0.5) is 8.78 Å². The third kappa shape index (κ3) is 4.17. The summed E-state index contributed by atoms with van der Waals surface area (Å²) in [6.45, 7) is 0.182. The maximum absolute atomic E-state index is 13.3. The first-order valence-electron chi connectivity index (χ1n) is 6.23. The second-order valence-electron chi connectivity index (χ2n) is 4.19. The lowest BCUT2D eigenvalue weighted by Crippen LogP contribution is -2.29. The van der Waals surface area contributed by atoms with Gasteiger partial charge in [0.05, 0.1) is 0 Å². The van der Waals surface area contributed by atoms with Crippen LogP contribution in [0.2, 0.25) is 0 Å². The molecular formula is C14H13BF2O4. The number of rotatable bonds is 6. The van der Waals surface area contributed by atoms with E-state index in [1.54, 1.807) is 12.1 Å². The molecule has 2 rings (SSSR count). The molecule has 7 heteroatoms. The van der Waals surface area contributed by atoms with Gasteiger partial charge in [0.15, 0.2) is 11.6 Å². The zero-order valence-corrected chi connectivity index (χ0v) is 11.0. The molecule has 0 amide bonds. The van der Waals surface area contributed by atoms with E-state index in [0.29, 0.717) is 11.2 Å². The first-order chi connectivity index (χ1) is 10.1. The minimum Gasteiger partial charge on any atom is -0.490 e. The molecule has 4 nitrogen and oxygen atoms in total. The van der Waals surface area contributed by atoms with Crippen molar-refractivity contribution in [2.75, 3.05) is 13.2 Å². The molecule has 0 aliphatic rings. The average Bonchev–Trinajstić information content (AvgIpc) is 2.48. The summed E-state index contributed by atoms with van der Waals surface area (Å²) in [5.74, 6) is -1.66. The van der Waals surface area contributed by atoms with Crippen molar-refractivity contribution in [1.82, 2.24) is 0 Å². The fourth-order valence-electron chi connectivity index (χ4n) is 1.64. The van der Waals surface area contributed by atoms with Crippen molar-refractivity contribution in [2.24, 2.45) is 0 Å². The fraction of sp³-hybridized carbons (Fsp3) is 0.143. The van der Waals surface area contributed by atoms with Crippen molar-refractivity contribution in [2.45, 2.75) is 0 Å². The summed E-state index contributed by atoms with van der Waals surface area (Å²) in [5, 5.41) is 17.9. The highest BCUT2D eigenvalue weighted by Crippen LogP contribution is 2.19. The number of ether oxygens (including phenoxy) is 2. The molecule has 0 bridgehead atoms.